The molecule has 0 unspecified atom stereocenters. The van der Waals surface area contributed by atoms with Crippen LogP contribution in [0.1, 0.15) is 97.2 Å². The third-order valence-corrected chi connectivity index (χ3v) is 21.5. The normalized spacial score (nSPS) is 13.9. The predicted octanol–water partition coefficient (Wildman–Crippen LogP) is 26.6. The van der Waals surface area contributed by atoms with Gasteiger partial charge in [-0.3, -0.25) is 0 Å². The van der Waals surface area contributed by atoms with Crippen LogP contribution in [0.15, 0.2) is 328 Å². The van der Waals surface area contributed by atoms with Crippen molar-refractivity contribution >= 4 is 58.4 Å². The summed E-state index contributed by atoms with van der Waals surface area (Å²) >= 11 is 0. The first-order chi connectivity index (χ1) is 48.4. The molecular formula is C97H76N2. The Morgan fingerprint density at radius 2 is 0.394 bits per heavy atom. The Hall–Kier alpha value is -11.8. The Bertz CT molecular complexity index is 5010. The van der Waals surface area contributed by atoms with Gasteiger partial charge in [-0.2, -0.15) is 0 Å². The van der Waals surface area contributed by atoms with Crippen molar-refractivity contribution in [2.24, 2.45) is 0 Å². The van der Waals surface area contributed by atoms with Crippen molar-refractivity contribution in [2.75, 3.05) is 9.80 Å². The predicted molar refractivity (Wildman–Crippen MR) is 421 cm³/mol. The largest absolute Gasteiger partial charge is 0.309 e. The summed E-state index contributed by atoms with van der Waals surface area (Å²) in [5, 5.41) is 0. The van der Waals surface area contributed by atoms with E-state index in [9.17, 15) is 0 Å². The Balaban J connectivity index is 0.629. The first-order valence-electron chi connectivity index (χ1n) is 34.8. The molecule has 0 atom stereocenters. The highest BCUT2D eigenvalue weighted by Crippen LogP contribution is 2.56. The fourth-order valence-electron chi connectivity index (χ4n) is 16.3. The smallest absolute Gasteiger partial charge is 0.0540 e. The van der Waals surface area contributed by atoms with Crippen LogP contribution in [-0.2, 0) is 16.2 Å². The van der Waals surface area contributed by atoms with Gasteiger partial charge >= 0.3 is 0 Å². The number of anilines is 6. The summed E-state index contributed by atoms with van der Waals surface area (Å²) in [6.45, 7) is 14.4. The maximum atomic E-state index is 2.48. The minimum atomic E-state index is -0.249. The van der Waals surface area contributed by atoms with Gasteiger partial charge in [-0.05, 0) is 160 Å². The molecule has 0 fully saturated rings. The van der Waals surface area contributed by atoms with Crippen LogP contribution in [0.3, 0.4) is 0 Å². The molecule has 0 heterocycles. The third kappa shape index (κ3) is 10.6. The third-order valence-electron chi connectivity index (χ3n) is 21.5. The van der Waals surface area contributed by atoms with Crippen molar-refractivity contribution in [3.63, 3.8) is 0 Å². The summed E-state index contributed by atoms with van der Waals surface area (Å²) in [6, 6.07) is 121. The second-order valence-electron chi connectivity index (χ2n) is 28.4. The lowest BCUT2D eigenvalue weighted by atomic mass is 9.81. The van der Waals surface area contributed by atoms with Gasteiger partial charge in [0.05, 0.1) is 22.7 Å². The topological polar surface area (TPSA) is 6.48 Å². The van der Waals surface area contributed by atoms with Crippen molar-refractivity contribution in [3.05, 3.63) is 383 Å². The van der Waals surface area contributed by atoms with Gasteiger partial charge in [0.2, 0.25) is 0 Å². The van der Waals surface area contributed by atoms with Crippen LogP contribution in [0.25, 0.3) is 102 Å². The average molecular weight is 1270 g/mol. The zero-order valence-corrected chi connectivity index (χ0v) is 56.9. The van der Waals surface area contributed by atoms with Crippen LogP contribution in [0.2, 0.25) is 0 Å². The number of hydrogen-bond acceptors (Lipinski definition) is 2. The molecule has 3 aliphatic rings. The van der Waals surface area contributed by atoms with E-state index in [2.05, 4.69) is 403 Å². The average Bonchev–Trinajstić information content (AvgIpc) is 1.64. The Morgan fingerprint density at radius 3 is 0.636 bits per heavy atom. The van der Waals surface area contributed by atoms with Gasteiger partial charge in [0.15, 0.2) is 0 Å². The molecule has 0 saturated carbocycles. The number of benzene rings is 14. The van der Waals surface area contributed by atoms with Gasteiger partial charge in [0.1, 0.15) is 0 Å². The van der Waals surface area contributed by atoms with E-state index in [1.165, 1.54) is 134 Å². The number of rotatable bonds is 14. The standard InChI is InChI=1S/C97H76N2/c1-95(2)85-59-65(43-45-67-49-55-81-83-57-51-73(63-89(83)96(3,4)87(81)61-67)98(91-39-23-19-35-75(91)69-27-11-7-12-28-69)92-40-24-20-36-76(92)70-29-13-8-14-30-70)47-53-79(85)80-54-48-66(60-86(80)95)44-46-68-50-56-82-84-58-52-74(64-90(84)97(5,6)88(82)62-68)99(93-41-25-21-37-77(93)71-31-15-9-16-32-71)94-42-26-22-38-78(94)72-33-17-10-18-34-72/h7-64H,1-6H3. The zero-order chi connectivity index (χ0) is 67.0. The molecule has 0 bridgehead atoms. The Morgan fingerprint density at radius 1 is 0.192 bits per heavy atom. The van der Waals surface area contributed by atoms with Crippen molar-refractivity contribution in [2.45, 2.75) is 57.8 Å². The number of para-hydroxylation sites is 4. The zero-order valence-electron chi connectivity index (χ0n) is 56.9. The lowest BCUT2D eigenvalue weighted by Crippen LogP contribution is -2.17. The highest BCUT2D eigenvalue weighted by Gasteiger charge is 2.39. The van der Waals surface area contributed by atoms with Crippen molar-refractivity contribution in [1.82, 2.24) is 0 Å². The second kappa shape index (κ2) is 24.4. The fourth-order valence-corrected chi connectivity index (χ4v) is 16.3. The number of hydrogen-bond donors (Lipinski definition) is 0. The van der Waals surface area contributed by atoms with Gasteiger partial charge in [-0.1, -0.05) is 345 Å². The van der Waals surface area contributed by atoms with Gasteiger partial charge < -0.3 is 9.80 Å². The van der Waals surface area contributed by atoms with E-state index in [-0.39, 0.29) is 16.2 Å². The van der Waals surface area contributed by atoms with Crippen molar-refractivity contribution < 1.29 is 0 Å². The molecule has 0 amide bonds. The molecule has 17 rings (SSSR count). The minimum Gasteiger partial charge on any atom is -0.309 e. The van der Waals surface area contributed by atoms with E-state index < -0.39 is 0 Å². The van der Waals surface area contributed by atoms with Crippen LogP contribution in [0.5, 0.6) is 0 Å². The van der Waals surface area contributed by atoms with Crippen molar-refractivity contribution in [3.8, 4) is 77.9 Å². The van der Waals surface area contributed by atoms with E-state index in [4.69, 9.17) is 0 Å². The summed E-state index contributed by atoms with van der Waals surface area (Å²) in [5.74, 6) is 0. The van der Waals surface area contributed by atoms with Crippen LogP contribution in [0, 0.1) is 0 Å². The van der Waals surface area contributed by atoms with Crippen molar-refractivity contribution in [1.29, 1.82) is 0 Å². The SMILES string of the molecule is CC1(C)c2cc(C=Cc3ccc4c(c3)C(C)(C)c3cc(N(c5ccccc5-c5ccccc5)c5ccccc5-c5ccccc5)ccc3-4)ccc2-c2ccc(C=Cc3ccc4c(c3)C(C)(C)c3cc(N(c5ccccc5-c5ccccc5)c5ccccc5-c5ccccc5)ccc3-4)cc21. The molecular weight excluding hydrogens is 1190 g/mol. The maximum absolute atomic E-state index is 2.48. The first kappa shape index (κ1) is 60.8. The molecule has 3 aliphatic carbocycles. The molecule has 0 aromatic heterocycles. The van der Waals surface area contributed by atoms with Crippen LogP contribution >= 0.6 is 0 Å². The highest BCUT2D eigenvalue weighted by molar-refractivity contribution is 5.98. The molecule has 2 heteroatoms. The van der Waals surface area contributed by atoms with Gasteiger partial charge in [-0.25, -0.2) is 0 Å². The molecule has 14 aromatic rings. The summed E-state index contributed by atoms with van der Waals surface area (Å²) in [7, 11) is 0. The summed E-state index contributed by atoms with van der Waals surface area (Å²) in [6.07, 6.45) is 9.21. The van der Waals surface area contributed by atoms with Crippen LogP contribution < -0.4 is 9.80 Å². The van der Waals surface area contributed by atoms with Gasteiger partial charge in [-0.15, -0.1) is 0 Å². The lowest BCUT2D eigenvalue weighted by molar-refractivity contribution is 0.660. The molecule has 0 saturated heterocycles. The van der Waals surface area contributed by atoms with Gasteiger partial charge in [0, 0.05) is 49.9 Å². The molecule has 0 N–H and O–H groups in total. The van der Waals surface area contributed by atoms with E-state index in [1.807, 2.05) is 0 Å². The van der Waals surface area contributed by atoms with E-state index >= 15 is 0 Å². The summed E-state index contributed by atoms with van der Waals surface area (Å²) in [4.78, 5) is 4.95. The van der Waals surface area contributed by atoms with Crippen LogP contribution in [-0.4, -0.2) is 0 Å². The quantitative estimate of drug-likeness (QED) is 0.100. The molecule has 0 spiro atoms. The Kier molecular flexibility index (Phi) is 15.0. The van der Waals surface area contributed by atoms with E-state index in [0.29, 0.717) is 0 Å². The molecule has 99 heavy (non-hydrogen) atoms. The van der Waals surface area contributed by atoms with E-state index in [1.54, 1.807) is 0 Å². The number of nitrogens with zero attached hydrogens (tertiary/aromatic N) is 2. The molecule has 0 aliphatic heterocycles. The molecule has 474 valence electrons. The monoisotopic (exact) mass is 1270 g/mol. The lowest BCUT2D eigenvalue weighted by Gasteiger charge is -2.31. The van der Waals surface area contributed by atoms with Gasteiger partial charge in [0.25, 0.3) is 0 Å². The first-order valence-corrected chi connectivity index (χ1v) is 34.8. The second-order valence-corrected chi connectivity index (χ2v) is 28.4. The summed E-state index contributed by atoms with van der Waals surface area (Å²) in [5.41, 5.74) is 36.3. The Labute approximate surface area is 583 Å². The molecule has 2 nitrogen and oxygen atoms in total. The number of fused-ring (bicyclic) bond motifs is 9. The maximum Gasteiger partial charge on any atom is 0.0540 e. The van der Waals surface area contributed by atoms with E-state index in [0.717, 1.165) is 34.1 Å². The fraction of sp³-hybridized carbons (Fsp3) is 0.0928. The van der Waals surface area contributed by atoms with Crippen LogP contribution in [0.4, 0.5) is 34.1 Å². The molecule has 0 radical (unpaired) electrons. The minimum absolute atomic E-state index is 0.186. The summed E-state index contributed by atoms with van der Waals surface area (Å²) < 4.78 is 0. The molecule has 14 aromatic carbocycles. The highest BCUT2D eigenvalue weighted by atomic mass is 15.2.